The highest BCUT2D eigenvalue weighted by molar-refractivity contribution is 6.31. The van der Waals surface area contributed by atoms with Gasteiger partial charge >= 0.3 is 0 Å². The number of halogens is 1. The van der Waals surface area contributed by atoms with E-state index in [1.807, 2.05) is 36.1 Å². The van der Waals surface area contributed by atoms with Crippen LogP contribution in [-0.4, -0.2) is 30.4 Å². The van der Waals surface area contributed by atoms with Gasteiger partial charge in [-0.3, -0.25) is 4.79 Å². The summed E-state index contributed by atoms with van der Waals surface area (Å²) < 4.78 is 5.86. The Balaban J connectivity index is 1.64. The first-order valence-corrected chi connectivity index (χ1v) is 9.19. The SMILES string of the molecule is Cc1c(C(=O)N2C[C@@H](CN)[C@H](c3ccccc3)C2)oc2ccc(Cl)cc12. The van der Waals surface area contributed by atoms with E-state index in [9.17, 15) is 4.79 Å². The highest BCUT2D eigenvalue weighted by Crippen LogP contribution is 2.35. The van der Waals surface area contributed by atoms with E-state index < -0.39 is 0 Å². The third-order valence-corrected chi connectivity index (χ3v) is 5.59. The van der Waals surface area contributed by atoms with Gasteiger partial charge in [0, 0.05) is 35.0 Å². The van der Waals surface area contributed by atoms with Crippen molar-refractivity contribution < 1.29 is 9.21 Å². The molecule has 26 heavy (non-hydrogen) atoms. The highest BCUT2D eigenvalue weighted by Gasteiger charge is 2.37. The topological polar surface area (TPSA) is 59.5 Å². The predicted molar refractivity (Wildman–Crippen MR) is 104 cm³/mol. The molecule has 2 aromatic carbocycles. The largest absolute Gasteiger partial charge is 0.451 e. The van der Waals surface area contributed by atoms with Crippen molar-refractivity contribution in [2.75, 3.05) is 19.6 Å². The van der Waals surface area contributed by atoms with Gasteiger partial charge in [0.15, 0.2) is 5.76 Å². The van der Waals surface area contributed by atoms with Gasteiger partial charge in [-0.1, -0.05) is 41.9 Å². The Hall–Kier alpha value is -2.30. The molecule has 4 nitrogen and oxygen atoms in total. The number of fused-ring (bicyclic) bond motifs is 1. The molecule has 2 heterocycles. The predicted octanol–water partition coefficient (Wildman–Crippen LogP) is 4.21. The molecule has 1 aromatic heterocycles. The van der Waals surface area contributed by atoms with Crippen LogP contribution in [0.3, 0.4) is 0 Å². The number of nitrogens with zero attached hydrogens (tertiary/aromatic N) is 1. The van der Waals surface area contributed by atoms with Gasteiger partial charge in [-0.2, -0.15) is 0 Å². The number of nitrogens with two attached hydrogens (primary N) is 1. The minimum atomic E-state index is -0.0771. The molecule has 2 N–H and O–H groups in total. The van der Waals surface area contributed by atoms with E-state index in [-0.39, 0.29) is 17.7 Å². The van der Waals surface area contributed by atoms with Gasteiger partial charge in [-0.05, 0) is 43.1 Å². The zero-order valence-corrected chi connectivity index (χ0v) is 15.4. The first-order chi connectivity index (χ1) is 12.6. The second-order valence-electron chi connectivity index (χ2n) is 6.92. The standard InChI is InChI=1S/C21H21ClN2O2/c1-13-17-9-16(22)7-8-19(17)26-20(13)21(25)24-11-15(10-23)18(12-24)14-5-3-2-4-6-14/h2-9,15,18H,10-12,23H2,1H3/t15-,18+/m1/s1. The lowest BCUT2D eigenvalue weighted by atomic mass is 9.89. The van der Waals surface area contributed by atoms with Gasteiger partial charge in [-0.25, -0.2) is 0 Å². The number of amides is 1. The van der Waals surface area contributed by atoms with Crippen LogP contribution >= 0.6 is 11.6 Å². The number of aryl methyl sites for hydroxylation is 1. The molecule has 1 saturated heterocycles. The first kappa shape index (κ1) is 17.1. The van der Waals surface area contributed by atoms with Gasteiger partial charge in [-0.15, -0.1) is 0 Å². The van der Waals surface area contributed by atoms with Gasteiger partial charge in [0.1, 0.15) is 5.58 Å². The number of carbonyl (C=O) groups excluding carboxylic acids is 1. The third kappa shape index (κ3) is 2.89. The summed E-state index contributed by atoms with van der Waals surface area (Å²) in [5.41, 5.74) is 8.74. The van der Waals surface area contributed by atoms with Crippen molar-refractivity contribution in [2.24, 2.45) is 11.7 Å². The molecule has 0 saturated carbocycles. The van der Waals surface area contributed by atoms with Gasteiger partial charge in [0.25, 0.3) is 5.91 Å². The van der Waals surface area contributed by atoms with E-state index in [4.69, 9.17) is 21.8 Å². The maximum atomic E-state index is 13.1. The van der Waals surface area contributed by atoms with Gasteiger partial charge in [0.05, 0.1) is 0 Å². The van der Waals surface area contributed by atoms with Gasteiger partial charge < -0.3 is 15.1 Å². The lowest BCUT2D eigenvalue weighted by Gasteiger charge is -2.16. The van der Waals surface area contributed by atoms with E-state index in [1.54, 1.807) is 12.1 Å². The van der Waals surface area contributed by atoms with Crippen molar-refractivity contribution in [3.05, 3.63) is 70.4 Å². The summed E-state index contributed by atoms with van der Waals surface area (Å²) >= 11 is 6.08. The summed E-state index contributed by atoms with van der Waals surface area (Å²) in [7, 11) is 0. The van der Waals surface area contributed by atoms with Crippen LogP contribution < -0.4 is 5.73 Å². The van der Waals surface area contributed by atoms with Crippen LogP contribution in [0.15, 0.2) is 52.9 Å². The van der Waals surface area contributed by atoms with E-state index in [2.05, 4.69) is 12.1 Å². The summed E-state index contributed by atoms with van der Waals surface area (Å²) in [6.07, 6.45) is 0. The number of benzene rings is 2. The molecule has 2 atom stereocenters. The molecule has 0 spiro atoms. The minimum absolute atomic E-state index is 0.0771. The van der Waals surface area contributed by atoms with Crippen LogP contribution in [0.2, 0.25) is 5.02 Å². The zero-order chi connectivity index (χ0) is 18.3. The quantitative estimate of drug-likeness (QED) is 0.753. The molecule has 1 aliphatic heterocycles. The Morgan fingerprint density at radius 1 is 1.23 bits per heavy atom. The Kier molecular flexibility index (Phi) is 4.47. The summed E-state index contributed by atoms with van der Waals surface area (Å²) in [4.78, 5) is 15.0. The number of furan rings is 1. The minimum Gasteiger partial charge on any atom is -0.451 e. The van der Waals surface area contributed by atoms with E-state index in [1.165, 1.54) is 5.56 Å². The second kappa shape index (κ2) is 6.78. The van der Waals surface area contributed by atoms with Crippen LogP contribution in [0, 0.1) is 12.8 Å². The fraction of sp³-hybridized carbons (Fsp3) is 0.286. The normalized spacial score (nSPS) is 20.0. The molecular formula is C21H21ClN2O2. The van der Waals surface area contributed by atoms with Crippen LogP contribution in [0.25, 0.3) is 11.0 Å². The Morgan fingerprint density at radius 3 is 2.73 bits per heavy atom. The Labute approximate surface area is 157 Å². The van der Waals surface area contributed by atoms with Crippen molar-refractivity contribution in [2.45, 2.75) is 12.8 Å². The lowest BCUT2D eigenvalue weighted by molar-refractivity contribution is 0.0756. The van der Waals surface area contributed by atoms with Crippen LogP contribution in [0.5, 0.6) is 0 Å². The number of likely N-dealkylation sites (tertiary alicyclic amines) is 1. The van der Waals surface area contributed by atoms with Crippen LogP contribution in [0.4, 0.5) is 0 Å². The Bertz CT molecular complexity index is 951. The fourth-order valence-electron chi connectivity index (χ4n) is 3.89. The molecule has 0 bridgehead atoms. The highest BCUT2D eigenvalue weighted by atomic mass is 35.5. The second-order valence-corrected chi connectivity index (χ2v) is 7.36. The van der Waals surface area contributed by atoms with Crippen LogP contribution in [0.1, 0.15) is 27.6 Å². The van der Waals surface area contributed by atoms with E-state index in [0.29, 0.717) is 36.0 Å². The summed E-state index contributed by atoms with van der Waals surface area (Å²) in [6, 6.07) is 15.7. The summed E-state index contributed by atoms with van der Waals surface area (Å²) in [5, 5.41) is 1.52. The average molecular weight is 369 g/mol. The molecular weight excluding hydrogens is 348 g/mol. The third-order valence-electron chi connectivity index (χ3n) is 5.35. The van der Waals surface area contributed by atoms with Crippen molar-refractivity contribution in [3.63, 3.8) is 0 Å². The molecule has 5 heteroatoms. The first-order valence-electron chi connectivity index (χ1n) is 8.81. The fourth-order valence-corrected chi connectivity index (χ4v) is 4.07. The molecule has 1 amide bonds. The monoisotopic (exact) mass is 368 g/mol. The van der Waals surface area contributed by atoms with Crippen molar-refractivity contribution in [1.82, 2.24) is 4.90 Å². The van der Waals surface area contributed by atoms with E-state index in [0.717, 1.165) is 10.9 Å². The number of hydrogen-bond acceptors (Lipinski definition) is 3. The van der Waals surface area contributed by atoms with Crippen LogP contribution in [-0.2, 0) is 0 Å². The smallest absolute Gasteiger partial charge is 0.289 e. The maximum absolute atomic E-state index is 13.1. The molecule has 1 aliphatic rings. The molecule has 0 aliphatic carbocycles. The number of hydrogen-bond donors (Lipinski definition) is 1. The van der Waals surface area contributed by atoms with Gasteiger partial charge in [0.2, 0.25) is 0 Å². The van der Waals surface area contributed by atoms with Crippen molar-refractivity contribution in [1.29, 1.82) is 0 Å². The molecule has 4 rings (SSSR count). The molecule has 0 unspecified atom stereocenters. The van der Waals surface area contributed by atoms with Crippen molar-refractivity contribution >= 4 is 28.5 Å². The number of rotatable bonds is 3. The molecule has 0 radical (unpaired) electrons. The maximum Gasteiger partial charge on any atom is 0.289 e. The lowest BCUT2D eigenvalue weighted by Crippen LogP contribution is -2.30. The Morgan fingerprint density at radius 2 is 2.00 bits per heavy atom. The van der Waals surface area contributed by atoms with Crippen molar-refractivity contribution in [3.8, 4) is 0 Å². The summed E-state index contributed by atoms with van der Waals surface area (Å²) in [5.74, 6) is 0.822. The number of carbonyl (C=O) groups is 1. The van der Waals surface area contributed by atoms with E-state index >= 15 is 0 Å². The average Bonchev–Trinajstić information content (AvgIpc) is 3.24. The molecule has 134 valence electrons. The molecule has 1 fully saturated rings. The molecule has 3 aromatic rings. The zero-order valence-electron chi connectivity index (χ0n) is 14.6. The summed E-state index contributed by atoms with van der Waals surface area (Å²) in [6.45, 7) is 3.76.